The van der Waals surface area contributed by atoms with Gasteiger partial charge in [0.05, 0.1) is 5.25 Å². The van der Waals surface area contributed by atoms with Gasteiger partial charge in [-0.2, -0.15) is 0 Å². The fourth-order valence-corrected chi connectivity index (χ4v) is 5.34. The van der Waals surface area contributed by atoms with Crippen molar-refractivity contribution in [3.8, 4) is 22.5 Å². The molecule has 0 spiro atoms. The lowest BCUT2D eigenvalue weighted by molar-refractivity contribution is 0.686. The Morgan fingerprint density at radius 3 is 2.21 bits per heavy atom. The van der Waals surface area contributed by atoms with Gasteiger partial charge in [-0.05, 0) is 41.3 Å². The quantitative estimate of drug-likeness (QED) is 0.390. The first-order valence-corrected chi connectivity index (χ1v) is 10.6. The molecule has 1 heterocycles. The number of hydrogen-bond donors (Lipinski definition) is 0. The molecule has 1 aliphatic rings. The minimum absolute atomic E-state index is 0.217. The predicted molar refractivity (Wildman–Crippen MR) is 116 cm³/mol. The second-order valence-corrected chi connectivity index (χ2v) is 8.24. The Bertz CT molecular complexity index is 1120. The van der Waals surface area contributed by atoms with Gasteiger partial charge in [-0.1, -0.05) is 84.0 Å². The lowest BCUT2D eigenvalue weighted by Gasteiger charge is -2.14. The Morgan fingerprint density at radius 2 is 1.57 bits per heavy atom. The van der Waals surface area contributed by atoms with Crippen LogP contribution in [0.1, 0.15) is 23.3 Å². The molecule has 0 saturated carbocycles. The predicted octanol–water partition coefficient (Wildman–Crippen LogP) is 6.48. The zero-order valence-corrected chi connectivity index (χ0v) is 16.9. The van der Waals surface area contributed by atoms with Crippen molar-refractivity contribution in [2.45, 2.75) is 23.9 Å². The minimum atomic E-state index is 0.217. The molecular weight excluding hydrogens is 386 g/mol. The summed E-state index contributed by atoms with van der Waals surface area (Å²) in [5.41, 5.74) is 6.29. The van der Waals surface area contributed by atoms with E-state index in [9.17, 15) is 0 Å². The molecule has 3 aromatic carbocycles. The number of benzene rings is 3. The summed E-state index contributed by atoms with van der Waals surface area (Å²) >= 11 is 7.95. The van der Waals surface area contributed by atoms with Gasteiger partial charge in [0, 0.05) is 17.1 Å². The van der Waals surface area contributed by atoms with Gasteiger partial charge in [0.2, 0.25) is 0 Å². The first kappa shape index (κ1) is 17.5. The summed E-state index contributed by atoms with van der Waals surface area (Å²) in [5.74, 6) is 0.854. The fourth-order valence-electron chi connectivity index (χ4n) is 3.84. The van der Waals surface area contributed by atoms with Gasteiger partial charge in [-0.3, -0.25) is 0 Å². The van der Waals surface area contributed by atoms with Crippen LogP contribution in [0.25, 0.3) is 22.5 Å². The van der Waals surface area contributed by atoms with E-state index >= 15 is 0 Å². The summed E-state index contributed by atoms with van der Waals surface area (Å²) in [6, 6.07) is 25.1. The van der Waals surface area contributed by atoms with Crippen molar-refractivity contribution in [1.82, 2.24) is 14.8 Å². The molecule has 0 fully saturated rings. The number of aromatic nitrogens is 3. The average molecular weight is 404 g/mol. The Hall–Kier alpha value is -2.56. The molecule has 0 unspecified atom stereocenters. The first-order chi connectivity index (χ1) is 13.8. The SMILES string of the molecule is CCn1c(SC2c3ccccc3-c3ccccc32)nnc1-c1cccc(Cl)c1. The lowest BCUT2D eigenvalue weighted by atomic mass is 10.1. The maximum Gasteiger partial charge on any atom is 0.192 e. The zero-order valence-electron chi connectivity index (χ0n) is 15.3. The number of fused-ring (bicyclic) bond motifs is 3. The van der Waals surface area contributed by atoms with Crippen LogP contribution in [-0.2, 0) is 6.54 Å². The summed E-state index contributed by atoms with van der Waals surface area (Å²) in [5, 5.41) is 10.9. The van der Waals surface area contributed by atoms with E-state index in [0.29, 0.717) is 5.02 Å². The molecule has 0 radical (unpaired) electrons. The summed E-state index contributed by atoms with van der Waals surface area (Å²) < 4.78 is 2.17. The lowest BCUT2D eigenvalue weighted by Crippen LogP contribution is -2.01. The van der Waals surface area contributed by atoms with Gasteiger partial charge in [0.25, 0.3) is 0 Å². The van der Waals surface area contributed by atoms with Crippen LogP contribution in [0.4, 0.5) is 0 Å². The van der Waals surface area contributed by atoms with Crippen molar-refractivity contribution in [2.75, 3.05) is 0 Å². The van der Waals surface area contributed by atoms with Crippen LogP contribution < -0.4 is 0 Å². The Labute approximate surface area is 173 Å². The van der Waals surface area contributed by atoms with Crippen molar-refractivity contribution in [3.05, 3.63) is 88.9 Å². The van der Waals surface area contributed by atoms with E-state index in [1.54, 1.807) is 11.8 Å². The van der Waals surface area contributed by atoms with Gasteiger partial charge in [0.1, 0.15) is 0 Å². The molecule has 28 heavy (non-hydrogen) atoms. The molecule has 5 heteroatoms. The molecule has 0 atom stereocenters. The Kier molecular flexibility index (Phi) is 4.46. The van der Waals surface area contributed by atoms with Gasteiger partial charge >= 0.3 is 0 Å². The largest absolute Gasteiger partial charge is 0.302 e. The van der Waals surface area contributed by atoms with Crippen LogP contribution in [0.3, 0.4) is 0 Å². The smallest absolute Gasteiger partial charge is 0.192 e. The molecule has 3 nitrogen and oxygen atoms in total. The molecule has 0 N–H and O–H groups in total. The highest BCUT2D eigenvalue weighted by Gasteiger charge is 2.30. The van der Waals surface area contributed by atoms with E-state index in [1.165, 1.54) is 22.3 Å². The number of nitrogens with zero attached hydrogens (tertiary/aromatic N) is 3. The van der Waals surface area contributed by atoms with Crippen LogP contribution in [0.15, 0.2) is 78.0 Å². The number of halogens is 1. The van der Waals surface area contributed by atoms with Crippen molar-refractivity contribution in [3.63, 3.8) is 0 Å². The molecule has 0 aliphatic heterocycles. The third-order valence-corrected chi connectivity index (χ3v) is 6.61. The third-order valence-electron chi connectivity index (χ3n) is 5.12. The maximum absolute atomic E-state index is 6.18. The fraction of sp³-hybridized carbons (Fsp3) is 0.130. The monoisotopic (exact) mass is 403 g/mol. The van der Waals surface area contributed by atoms with E-state index in [-0.39, 0.29) is 5.25 Å². The summed E-state index contributed by atoms with van der Waals surface area (Å²) in [6.07, 6.45) is 0. The van der Waals surface area contributed by atoms with Crippen LogP contribution in [0, 0.1) is 0 Å². The van der Waals surface area contributed by atoms with E-state index in [1.807, 2.05) is 24.3 Å². The van der Waals surface area contributed by atoms with E-state index < -0.39 is 0 Å². The molecular formula is C23H18ClN3S. The van der Waals surface area contributed by atoms with E-state index in [4.69, 9.17) is 11.6 Å². The van der Waals surface area contributed by atoms with Crippen molar-refractivity contribution in [1.29, 1.82) is 0 Å². The van der Waals surface area contributed by atoms with Gasteiger partial charge < -0.3 is 4.57 Å². The van der Waals surface area contributed by atoms with Crippen molar-refractivity contribution >= 4 is 23.4 Å². The molecule has 1 aliphatic carbocycles. The number of rotatable bonds is 4. The molecule has 0 bridgehead atoms. The van der Waals surface area contributed by atoms with E-state index in [2.05, 4.69) is 70.2 Å². The maximum atomic E-state index is 6.18. The second-order valence-electron chi connectivity index (χ2n) is 6.73. The van der Waals surface area contributed by atoms with Crippen LogP contribution >= 0.6 is 23.4 Å². The van der Waals surface area contributed by atoms with Crippen molar-refractivity contribution < 1.29 is 0 Å². The molecule has 4 aromatic rings. The Balaban J connectivity index is 1.57. The van der Waals surface area contributed by atoms with E-state index in [0.717, 1.165) is 23.1 Å². The zero-order chi connectivity index (χ0) is 19.1. The third kappa shape index (κ3) is 2.84. The number of thioether (sulfide) groups is 1. The highest BCUT2D eigenvalue weighted by Crippen LogP contribution is 2.51. The summed E-state index contributed by atoms with van der Waals surface area (Å²) in [4.78, 5) is 0. The highest BCUT2D eigenvalue weighted by molar-refractivity contribution is 7.99. The average Bonchev–Trinajstić information content (AvgIpc) is 3.28. The van der Waals surface area contributed by atoms with Crippen LogP contribution in [0.5, 0.6) is 0 Å². The number of hydrogen-bond acceptors (Lipinski definition) is 3. The normalized spacial score (nSPS) is 12.8. The molecule has 1 aromatic heterocycles. The molecule has 138 valence electrons. The first-order valence-electron chi connectivity index (χ1n) is 9.30. The second kappa shape index (κ2) is 7.12. The van der Waals surface area contributed by atoms with Crippen molar-refractivity contribution in [2.24, 2.45) is 0 Å². The van der Waals surface area contributed by atoms with Gasteiger partial charge in [0.15, 0.2) is 11.0 Å². The molecule has 0 amide bonds. The summed E-state index contributed by atoms with van der Waals surface area (Å²) in [6.45, 7) is 2.92. The van der Waals surface area contributed by atoms with Crippen LogP contribution in [-0.4, -0.2) is 14.8 Å². The van der Waals surface area contributed by atoms with Crippen LogP contribution in [0.2, 0.25) is 5.02 Å². The van der Waals surface area contributed by atoms with Gasteiger partial charge in [-0.25, -0.2) is 0 Å². The Morgan fingerprint density at radius 1 is 0.893 bits per heavy atom. The standard InChI is InChI=1S/C23H18ClN3S/c1-2-27-22(15-8-7-9-16(24)14-15)25-26-23(27)28-21-19-12-5-3-10-17(19)18-11-4-6-13-20(18)21/h3-14,21H,2H2,1H3. The van der Waals surface area contributed by atoms with Gasteiger partial charge in [-0.15, -0.1) is 10.2 Å². The highest BCUT2D eigenvalue weighted by atomic mass is 35.5. The minimum Gasteiger partial charge on any atom is -0.302 e. The molecule has 0 saturated heterocycles. The topological polar surface area (TPSA) is 30.7 Å². The summed E-state index contributed by atoms with van der Waals surface area (Å²) in [7, 11) is 0. The molecule has 5 rings (SSSR count).